The van der Waals surface area contributed by atoms with E-state index in [9.17, 15) is 14.9 Å². The van der Waals surface area contributed by atoms with Crippen molar-refractivity contribution in [1.29, 1.82) is 0 Å². The number of nitro groups is 1. The van der Waals surface area contributed by atoms with E-state index < -0.39 is 10.2 Å². The van der Waals surface area contributed by atoms with Gasteiger partial charge in [-0.3, -0.25) is 19.5 Å². The van der Waals surface area contributed by atoms with Gasteiger partial charge in [0, 0.05) is 23.4 Å². The molecule has 1 aromatic heterocycles. The zero-order valence-electron chi connectivity index (χ0n) is 15.3. The van der Waals surface area contributed by atoms with Crippen LogP contribution in [0, 0.1) is 10.1 Å². The van der Waals surface area contributed by atoms with Crippen LogP contribution in [0.3, 0.4) is 0 Å². The lowest BCUT2D eigenvalue weighted by molar-refractivity contribution is -0.384. The van der Waals surface area contributed by atoms with Crippen molar-refractivity contribution >= 4 is 23.4 Å². The number of nitro benzene ring substituents is 1. The summed E-state index contributed by atoms with van der Waals surface area (Å²) in [6.45, 7) is 3.82. The molecule has 0 N–H and O–H groups in total. The van der Waals surface area contributed by atoms with Gasteiger partial charge in [0.05, 0.1) is 11.5 Å². The summed E-state index contributed by atoms with van der Waals surface area (Å²) in [5.74, 6) is 0.201. The molecular formula is C19H18N4O4S. The second kappa shape index (κ2) is 8.66. The van der Waals surface area contributed by atoms with Crippen LogP contribution in [0.2, 0.25) is 0 Å². The zero-order valence-corrected chi connectivity index (χ0v) is 16.1. The van der Waals surface area contributed by atoms with Gasteiger partial charge in [0.25, 0.3) is 5.69 Å². The molecule has 0 spiro atoms. The first kappa shape index (κ1) is 19.6. The Morgan fingerprint density at radius 3 is 2.46 bits per heavy atom. The second-order valence-electron chi connectivity index (χ2n) is 5.79. The van der Waals surface area contributed by atoms with Crippen molar-refractivity contribution in [1.82, 2.24) is 14.8 Å². The summed E-state index contributed by atoms with van der Waals surface area (Å²) >= 11 is 1.24. The number of carbonyl (C=O) groups excluding carboxylic acids is 1. The maximum absolute atomic E-state index is 12.0. The lowest BCUT2D eigenvalue weighted by Gasteiger charge is -2.13. The van der Waals surface area contributed by atoms with Gasteiger partial charge in [-0.25, -0.2) is 0 Å². The van der Waals surface area contributed by atoms with Crippen LogP contribution < -0.4 is 0 Å². The molecule has 0 aliphatic heterocycles. The molecule has 0 aliphatic rings. The molecule has 0 bridgehead atoms. The minimum atomic E-state index is -0.462. The number of rotatable bonds is 7. The van der Waals surface area contributed by atoms with Crippen LogP contribution in [-0.2, 0) is 9.53 Å². The Bertz CT molecular complexity index is 973. The summed E-state index contributed by atoms with van der Waals surface area (Å²) in [5.41, 5.74) is 1.50. The highest BCUT2D eigenvalue weighted by Crippen LogP contribution is 2.31. The van der Waals surface area contributed by atoms with Gasteiger partial charge >= 0.3 is 5.97 Å². The van der Waals surface area contributed by atoms with Crippen molar-refractivity contribution < 1.29 is 14.5 Å². The van der Waals surface area contributed by atoms with Gasteiger partial charge in [0.15, 0.2) is 11.0 Å². The van der Waals surface area contributed by atoms with E-state index in [-0.39, 0.29) is 11.7 Å². The lowest BCUT2D eigenvalue weighted by Crippen LogP contribution is -2.17. The maximum Gasteiger partial charge on any atom is 0.319 e. The van der Waals surface area contributed by atoms with Crippen LogP contribution in [0.1, 0.15) is 13.8 Å². The van der Waals surface area contributed by atoms with E-state index in [0.717, 1.165) is 5.69 Å². The standard InChI is InChI=1S/C19H18N4O4S/c1-3-27-18(24)13(2)28-19-21-20-17(22(19)15-7-5-4-6-8-15)14-9-11-16(12-10-14)23(25)26/h4-13H,3H2,1-2H3/t13-/m1/s1. The Balaban J connectivity index is 2.02. The van der Waals surface area contributed by atoms with Crippen molar-refractivity contribution in [3.05, 3.63) is 64.7 Å². The molecule has 0 unspecified atom stereocenters. The first-order valence-corrected chi connectivity index (χ1v) is 9.48. The molecule has 0 amide bonds. The van der Waals surface area contributed by atoms with Crippen LogP contribution in [0.25, 0.3) is 17.1 Å². The summed E-state index contributed by atoms with van der Waals surface area (Å²) < 4.78 is 6.89. The average Bonchev–Trinajstić information content (AvgIpc) is 3.12. The molecule has 1 heterocycles. The van der Waals surface area contributed by atoms with Crippen LogP contribution in [0.5, 0.6) is 0 Å². The fourth-order valence-electron chi connectivity index (χ4n) is 2.54. The van der Waals surface area contributed by atoms with Gasteiger partial charge in [-0.15, -0.1) is 10.2 Å². The van der Waals surface area contributed by atoms with Crippen LogP contribution in [0.4, 0.5) is 5.69 Å². The maximum atomic E-state index is 12.0. The molecule has 0 fully saturated rings. The van der Waals surface area contributed by atoms with E-state index >= 15 is 0 Å². The average molecular weight is 398 g/mol. The molecule has 3 aromatic rings. The summed E-state index contributed by atoms with van der Waals surface area (Å²) in [4.78, 5) is 22.5. The topological polar surface area (TPSA) is 100 Å². The lowest BCUT2D eigenvalue weighted by atomic mass is 10.2. The van der Waals surface area contributed by atoms with E-state index in [1.165, 1.54) is 23.9 Å². The number of aromatic nitrogens is 3. The third kappa shape index (κ3) is 4.20. The van der Waals surface area contributed by atoms with Gasteiger partial charge in [-0.2, -0.15) is 0 Å². The number of hydrogen-bond donors (Lipinski definition) is 0. The Morgan fingerprint density at radius 1 is 1.18 bits per heavy atom. The summed E-state index contributed by atoms with van der Waals surface area (Å²) in [5, 5.41) is 19.5. The van der Waals surface area contributed by atoms with E-state index in [1.807, 2.05) is 34.9 Å². The van der Waals surface area contributed by atoms with E-state index in [0.29, 0.717) is 23.2 Å². The number of benzene rings is 2. The smallest absolute Gasteiger partial charge is 0.319 e. The molecule has 0 saturated carbocycles. The van der Waals surface area contributed by atoms with Crippen molar-refractivity contribution in [2.45, 2.75) is 24.3 Å². The first-order chi connectivity index (χ1) is 13.5. The normalized spacial score (nSPS) is 11.8. The van der Waals surface area contributed by atoms with Gasteiger partial charge in [0.1, 0.15) is 5.25 Å². The van der Waals surface area contributed by atoms with E-state index in [2.05, 4.69) is 10.2 Å². The van der Waals surface area contributed by atoms with Gasteiger partial charge in [0.2, 0.25) is 0 Å². The Labute approximate surface area is 165 Å². The van der Waals surface area contributed by atoms with Crippen LogP contribution in [-0.4, -0.2) is 37.5 Å². The summed E-state index contributed by atoms with van der Waals surface area (Å²) in [6, 6.07) is 15.6. The molecular weight excluding hydrogens is 380 g/mol. The number of esters is 1. The Kier molecular flexibility index (Phi) is 6.05. The van der Waals surface area contributed by atoms with Gasteiger partial charge in [-0.05, 0) is 38.1 Å². The largest absolute Gasteiger partial charge is 0.465 e. The number of para-hydroxylation sites is 1. The highest BCUT2D eigenvalue weighted by molar-refractivity contribution is 8.00. The van der Waals surface area contributed by atoms with Gasteiger partial charge in [-0.1, -0.05) is 30.0 Å². The molecule has 28 heavy (non-hydrogen) atoms. The number of non-ortho nitro benzene ring substituents is 1. The molecule has 0 saturated heterocycles. The fourth-order valence-corrected chi connectivity index (χ4v) is 3.41. The van der Waals surface area contributed by atoms with E-state index in [1.54, 1.807) is 26.0 Å². The Morgan fingerprint density at radius 2 is 1.86 bits per heavy atom. The van der Waals surface area contributed by atoms with Crippen molar-refractivity contribution in [3.8, 4) is 17.1 Å². The third-order valence-electron chi connectivity index (χ3n) is 3.88. The number of thioether (sulfide) groups is 1. The number of carbonyl (C=O) groups is 1. The zero-order chi connectivity index (χ0) is 20.1. The second-order valence-corrected chi connectivity index (χ2v) is 7.10. The highest BCUT2D eigenvalue weighted by atomic mass is 32.2. The monoisotopic (exact) mass is 398 g/mol. The van der Waals surface area contributed by atoms with Crippen molar-refractivity contribution in [3.63, 3.8) is 0 Å². The SMILES string of the molecule is CCOC(=O)[C@@H](C)Sc1nnc(-c2ccc([N+](=O)[O-])cc2)n1-c1ccccc1. The van der Waals surface area contributed by atoms with Crippen molar-refractivity contribution in [2.24, 2.45) is 0 Å². The quantitative estimate of drug-likeness (QED) is 0.258. The minimum absolute atomic E-state index is 0.0000539. The highest BCUT2D eigenvalue weighted by Gasteiger charge is 2.22. The molecule has 144 valence electrons. The first-order valence-electron chi connectivity index (χ1n) is 8.60. The van der Waals surface area contributed by atoms with Crippen LogP contribution >= 0.6 is 11.8 Å². The molecule has 2 aromatic carbocycles. The molecule has 8 nitrogen and oxygen atoms in total. The molecule has 1 atom stereocenters. The minimum Gasteiger partial charge on any atom is -0.465 e. The fraction of sp³-hybridized carbons (Fsp3) is 0.211. The predicted molar refractivity (Wildman–Crippen MR) is 105 cm³/mol. The number of nitrogens with zero attached hydrogens (tertiary/aromatic N) is 4. The van der Waals surface area contributed by atoms with Crippen molar-refractivity contribution in [2.75, 3.05) is 6.61 Å². The molecule has 3 rings (SSSR count). The number of ether oxygens (including phenoxy) is 1. The molecule has 9 heteroatoms. The van der Waals surface area contributed by atoms with Gasteiger partial charge < -0.3 is 4.74 Å². The molecule has 0 radical (unpaired) electrons. The number of hydrogen-bond acceptors (Lipinski definition) is 7. The Hall–Kier alpha value is -3.20. The summed E-state index contributed by atoms with van der Waals surface area (Å²) in [6.07, 6.45) is 0. The molecule has 0 aliphatic carbocycles. The predicted octanol–water partition coefficient (Wildman–Crippen LogP) is 3.89. The third-order valence-corrected chi connectivity index (χ3v) is 4.91. The van der Waals surface area contributed by atoms with E-state index in [4.69, 9.17) is 4.74 Å². The van der Waals surface area contributed by atoms with Crippen LogP contribution in [0.15, 0.2) is 59.8 Å². The summed E-state index contributed by atoms with van der Waals surface area (Å²) in [7, 11) is 0.